The first-order valence-corrected chi connectivity index (χ1v) is 5.74. The minimum absolute atomic E-state index is 0.0130. The zero-order valence-corrected chi connectivity index (χ0v) is 9.41. The van der Waals surface area contributed by atoms with Crippen LogP contribution in [0.15, 0.2) is 18.5 Å². The quantitative estimate of drug-likeness (QED) is 0.665. The second kappa shape index (κ2) is 3.94. The molecule has 1 amide bonds. The summed E-state index contributed by atoms with van der Waals surface area (Å²) in [5.74, 6) is -2.15. The lowest BCUT2D eigenvalue weighted by Crippen LogP contribution is -2.36. The predicted octanol–water partition coefficient (Wildman–Crippen LogP) is 0.266. The summed E-state index contributed by atoms with van der Waals surface area (Å²) < 4.78 is 0. The van der Waals surface area contributed by atoms with Crippen LogP contribution in [0.2, 0.25) is 0 Å². The monoisotopic (exact) mass is 248 g/mol. The molecule has 3 rings (SSSR count). The number of nitrogens with one attached hydrogen (secondary N) is 2. The highest BCUT2D eigenvalue weighted by atomic mass is 16.4. The molecule has 1 saturated carbocycles. The van der Waals surface area contributed by atoms with Crippen molar-refractivity contribution in [2.45, 2.75) is 6.42 Å². The molecule has 2 aliphatic rings. The lowest BCUT2D eigenvalue weighted by atomic mass is 9.82. The molecular weight excluding hydrogens is 236 g/mol. The number of fused-ring (bicyclic) bond motifs is 2. The number of nitrogens with zero attached hydrogens (tertiary/aromatic N) is 2. The highest BCUT2D eigenvalue weighted by Gasteiger charge is 2.51. The van der Waals surface area contributed by atoms with E-state index in [9.17, 15) is 14.7 Å². The fraction of sp³-hybridized carbons (Fsp3) is 0.455. The van der Waals surface area contributed by atoms with Crippen LogP contribution in [0.3, 0.4) is 0 Å². The SMILES string of the molecule is O=C(O)C1C2C=CC(C2)C1C(=O)Nc1ncn[nH]1. The van der Waals surface area contributed by atoms with Crippen LogP contribution < -0.4 is 5.32 Å². The number of carboxylic acid groups (broad SMARTS) is 1. The zero-order valence-electron chi connectivity index (χ0n) is 9.41. The number of carbonyl (C=O) groups excluding carboxylic acids is 1. The molecule has 4 atom stereocenters. The van der Waals surface area contributed by atoms with Gasteiger partial charge in [0.25, 0.3) is 0 Å². The van der Waals surface area contributed by atoms with Crippen LogP contribution in [0.25, 0.3) is 0 Å². The van der Waals surface area contributed by atoms with Crippen LogP contribution in [0.1, 0.15) is 6.42 Å². The Morgan fingerprint density at radius 1 is 1.33 bits per heavy atom. The van der Waals surface area contributed by atoms with E-state index in [2.05, 4.69) is 20.5 Å². The number of hydrogen-bond donors (Lipinski definition) is 3. The van der Waals surface area contributed by atoms with Gasteiger partial charge >= 0.3 is 5.97 Å². The molecule has 18 heavy (non-hydrogen) atoms. The van der Waals surface area contributed by atoms with Crippen molar-refractivity contribution in [2.24, 2.45) is 23.7 Å². The van der Waals surface area contributed by atoms with E-state index in [-0.39, 0.29) is 23.7 Å². The van der Waals surface area contributed by atoms with E-state index in [4.69, 9.17) is 0 Å². The van der Waals surface area contributed by atoms with Gasteiger partial charge in [-0.25, -0.2) is 5.10 Å². The molecular formula is C11H12N4O3. The van der Waals surface area contributed by atoms with E-state index < -0.39 is 17.8 Å². The zero-order chi connectivity index (χ0) is 12.7. The van der Waals surface area contributed by atoms with E-state index >= 15 is 0 Å². The van der Waals surface area contributed by atoms with Crippen molar-refractivity contribution < 1.29 is 14.7 Å². The number of carboxylic acids is 1. The number of rotatable bonds is 3. The van der Waals surface area contributed by atoms with Gasteiger partial charge in [-0.15, -0.1) is 0 Å². The smallest absolute Gasteiger partial charge is 0.307 e. The van der Waals surface area contributed by atoms with Crippen molar-refractivity contribution in [2.75, 3.05) is 5.32 Å². The summed E-state index contributed by atoms with van der Waals surface area (Å²) in [5, 5.41) is 17.9. The fourth-order valence-corrected chi connectivity index (χ4v) is 2.98. The number of aliphatic carboxylic acids is 1. The fourth-order valence-electron chi connectivity index (χ4n) is 2.98. The van der Waals surface area contributed by atoms with E-state index in [1.54, 1.807) is 0 Å². The molecule has 0 aliphatic heterocycles. The molecule has 1 aromatic heterocycles. The average molecular weight is 248 g/mol. The van der Waals surface area contributed by atoms with Crippen molar-refractivity contribution >= 4 is 17.8 Å². The topological polar surface area (TPSA) is 108 Å². The summed E-state index contributed by atoms with van der Waals surface area (Å²) in [4.78, 5) is 27.2. The third kappa shape index (κ3) is 1.59. The largest absolute Gasteiger partial charge is 0.481 e. The van der Waals surface area contributed by atoms with Gasteiger partial charge in [0, 0.05) is 0 Å². The number of anilines is 1. The Morgan fingerprint density at radius 2 is 2.06 bits per heavy atom. The van der Waals surface area contributed by atoms with Crippen LogP contribution in [-0.4, -0.2) is 32.2 Å². The molecule has 1 fully saturated rings. The van der Waals surface area contributed by atoms with Gasteiger partial charge in [0.1, 0.15) is 6.33 Å². The highest BCUT2D eigenvalue weighted by molar-refractivity contribution is 5.95. The van der Waals surface area contributed by atoms with Crippen LogP contribution >= 0.6 is 0 Å². The minimum Gasteiger partial charge on any atom is -0.481 e. The number of hydrogen-bond acceptors (Lipinski definition) is 4. The standard InChI is InChI=1S/C11H12N4O3/c16-9(14-11-12-4-13-15-11)7-5-1-2-6(3-5)8(7)10(17)18/h1-2,4-8H,3H2,(H,17,18)(H2,12,13,14,15,16). The van der Waals surface area contributed by atoms with Crippen molar-refractivity contribution in [3.05, 3.63) is 18.5 Å². The van der Waals surface area contributed by atoms with E-state index in [0.717, 1.165) is 6.42 Å². The third-order valence-corrected chi connectivity index (χ3v) is 3.70. The van der Waals surface area contributed by atoms with Crippen LogP contribution in [0.4, 0.5) is 5.95 Å². The molecule has 7 heteroatoms. The molecule has 0 radical (unpaired) electrons. The Hall–Kier alpha value is -2.18. The summed E-state index contributed by atoms with van der Waals surface area (Å²) in [6, 6.07) is 0. The maximum atomic E-state index is 12.1. The molecule has 7 nitrogen and oxygen atoms in total. The Labute approximate surface area is 102 Å². The van der Waals surface area contributed by atoms with Crippen molar-refractivity contribution in [3.8, 4) is 0 Å². The summed E-state index contributed by atoms with van der Waals surface area (Å²) in [6.07, 6.45) is 5.87. The third-order valence-electron chi connectivity index (χ3n) is 3.70. The van der Waals surface area contributed by atoms with Crippen LogP contribution in [0, 0.1) is 23.7 Å². The van der Waals surface area contributed by atoms with Gasteiger partial charge in [-0.05, 0) is 18.3 Å². The molecule has 1 heterocycles. The minimum atomic E-state index is -0.912. The predicted molar refractivity (Wildman–Crippen MR) is 60.4 cm³/mol. The lowest BCUT2D eigenvalue weighted by Gasteiger charge is -2.23. The number of aromatic nitrogens is 3. The Kier molecular flexibility index (Phi) is 2.39. The maximum absolute atomic E-state index is 12.1. The van der Waals surface area contributed by atoms with Gasteiger partial charge in [-0.3, -0.25) is 14.9 Å². The van der Waals surface area contributed by atoms with E-state index in [1.165, 1.54) is 6.33 Å². The number of allylic oxidation sites excluding steroid dienone is 2. The molecule has 2 bridgehead atoms. The lowest BCUT2D eigenvalue weighted by molar-refractivity contribution is -0.146. The molecule has 3 N–H and O–H groups in total. The number of carbonyl (C=O) groups is 2. The van der Waals surface area contributed by atoms with Crippen LogP contribution in [-0.2, 0) is 9.59 Å². The molecule has 2 aliphatic carbocycles. The summed E-state index contributed by atoms with van der Waals surface area (Å²) in [6.45, 7) is 0. The second-order valence-electron chi connectivity index (χ2n) is 4.66. The Morgan fingerprint density at radius 3 is 2.67 bits per heavy atom. The second-order valence-corrected chi connectivity index (χ2v) is 4.66. The molecule has 94 valence electrons. The highest BCUT2D eigenvalue weighted by Crippen LogP contribution is 2.48. The van der Waals surface area contributed by atoms with Gasteiger partial charge in [-0.1, -0.05) is 12.2 Å². The Balaban J connectivity index is 1.80. The Bertz CT molecular complexity index is 510. The van der Waals surface area contributed by atoms with E-state index in [1.807, 2.05) is 12.2 Å². The number of amides is 1. The first kappa shape index (κ1) is 10.9. The van der Waals surface area contributed by atoms with Gasteiger partial charge in [0.05, 0.1) is 11.8 Å². The first-order chi connectivity index (χ1) is 8.66. The van der Waals surface area contributed by atoms with Crippen molar-refractivity contribution in [3.63, 3.8) is 0 Å². The normalized spacial score (nSPS) is 32.7. The summed E-state index contributed by atoms with van der Waals surface area (Å²) >= 11 is 0. The van der Waals surface area contributed by atoms with E-state index in [0.29, 0.717) is 0 Å². The first-order valence-electron chi connectivity index (χ1n) is 5.74. The molecule has 1 aromatic rings. The van der Waals surface area contributed by atoms with Gasteiger partial charge in [0.15, 0.2) is 0 Å². The van der Waals surface area contributed by atoms with Gasteiger partial charge < -0.3 is 5.11 Å². The summed E-state index contributed by atoms with van der Waals surface area (Å²) in [7, 11) is 0. The van der Waals surface area contributed by atoms with Crippen molar-refractivity contribution in [1.82, 2.24) is 15.2 Å². The summed E-state index contributed by atoms with van der Waals surface area (Å²) in [5.41, 5.74) is 0. The van der Waals surface area contributed by atoms with Gasteiger partial charge in [-0.2, -0.15) is 10.1 Å². The molecule has 0 saturated heterocycles. The van der Waals surface area contributed by atoms with Crippen LogP contribution in [0.5, 0.6) is 0 Å². The maximum Gasteiger partial charge on any atom is 0.307 e. The molecule has 4 unspecified atom stereocenters. The molecule has 0 spiro atoms. The average Bonchev–Trinajstić information content (AvgIpc) is 3.03. The number of aromatic amines is 1. The number of H-pyrrole nitrogens is 1. The molecule has 0 aromatic carbocycles. The van der Waals surface area contributed by atoms with Crippen molar-refractivity contribution in [1.29, 1.82) is 0 Å². The van der Waals surface area contributed by atoms with Gasteiger partial charge in [0.2, 0.25) is 11.9 Å².